The molecule has 0 heterocycles. The van der Waals surface area contributed by atoms with Crippen molar-refractivity contribution in [2.75, 3.05) is 106 Å². The minimum atomic E-state index is -5.08. The van der Waals surface area contributed by atoms with Crippen LogP contribution in [0.4, 0.5) is 132 Å². The average Bonchev–Trinajstić information content (AvgIpc) is 0.900. The van der Waals surface area contributed by atoms with Crippen LogP contribution < -0.4 is 0 Å². The quantitative estimate of drug-likeness (QED) is 0.0310. The Labute approximate surface area is 845 Å². The van der Waals surface area contributed by atoms with E-state index >= 15 is 0 Å². The van der Waals surface area contributed by atoms with Crippen LogP contribution in [0.2, 0.25) is 0 Å². The van der Waals surface area contributed by atoms with Gasteiger partial charge in [0, 0.05) is 13.8 Å². The van der Waals surface area contributed by atoms with E-state index in [4.69, 9.17) is 0 Å². The van der Waals surface area contributed by atoms with E-state index in [1.807, 2.05) is 0 Å². The molecule has 4 unspecified atom stereocenters. The lowest BCUT2D eigenvalue weighted by molar-refractivity contribution is -0.205. The number of alkyl halides is 30. The Hall–Kier alpha value is -10.6. The third-order valence-electron chi connectivity index (χ3n) is 17.8. The fraction of sp³-hybridized carbons (Fsp3) is 0.818. The van der Waals surface area contributed by atoms with Crippen LogP contribution in [0.25, 0.3) is 0 Å². The summed E-state index contributed by atoms with van der Waals surface area (Å²) in [5.41, 5.74) is -3.19. The number of esters is 16. The first-order valence-electron chi connectivity index (χ1n) is 43.5. The maximum absolute atomic E-state index is 12.8. The lowest BCUT2D eigenvalue weighted by Gasteiger charge is -2.20. The Morgan fingerprint density at radius 2 is 0.313 bits per heavy atom. The van der Waals surface area contributed by atoms with Crippen LogP contribution in [-0.4, -0.2) is 274 Å². The minimum absolute atomic E-state index is 0. The molecule has 0 N–H and O–H groups in total. The van der Waals surface area contributed by atoms with Gasteiger partial charge in [-0.2, -0.15) is 79.0 Å². The molecule has 0 aromatic heterocycles. The molecule has 888 valence electrons. The van der Waals surface area contributed by atoms with E-state index in [0.717, 1.165) is 0 Å². The van der Waals surface area contributed by atoms with Gasteiger partial charge in [-0.25, -0.2) is 91.0 Å². The van der Waals surface area contributed by atoms with Gasteiger partial charge < -0.3 is 75.8 Å². The summed E-state index contributed by atoms with van der Waals surface area (Å²) < 4.78 is 431. The molecule has 0 bridgehead atoms. The van der Waals surface area contributed by atoms with E-state index in [0.29, 0.717) is 65.2 Å². The molecule has 0 spiro atoms. The lowest BCUT2D eigenvalue weighted by Crippen LogP contribution is -2.33. The summed E-state index contributed by atoms with van der Waals surface area (Å²) in [6, 6.07) is 0. The maximum atomic E-state index is 12.8. The van der Waals surface area contributed by atoms with Crippen LogP contribution in [-0.2, 0) is 153 Å². The van der Waals surface area contributed by atoms with Gasteiger partial charge in [0.25, 0.3) is 35.5 Å². The molecular formula is C88H134F30O32. The fourth-order valence-electron chi connectivity index (χ4n) is 6.81. The molecule has 0 aromatic carbocycles. The number of hydrogen-bond donors (Lipinski definition) is 0. The van der Waals surface area contributed by atoms with Crippen LogP contribution in [0.5, 0.6) is 0 Å². The first kappa shape index (κ1) is 159. The van der Waals surface area contributed by atoms with Crippen LogP contribution in [0.15, 0.2) is 0 Å². The molecule has 4 atom stereocenters. The number of hydrogen-bond acceptors (Lipinski definition) is 32. The van der Waals surface area contributed by atoms with Crippen molar-refractivity contribution in [2.45, 2.75) is 317 Å². The van der Waals surface area contributed by atoms with Crippen molar-refractivity contribution >= 4 is 95.5 Å². The van der Waals surface area contributed by atoms with Gasteiger partial charge in [-0.1, -0.05) is 97.9 Å². The Bertz CT molecular complexity index is 3730. The second-order valence-corrected chi connectivity index (χ2v) is 34.2. The highest BCUT2D eigenvalue weighted by molar-refractivity contribution is 5.83. The minimum Gasteiger partial charge on any atom is -0.457 e. The second-order valence-electron chi connectivity index (χ2n) is 34.2. The molecular weight excluding hydrogens is 2140 g/mol. The Morgan fingerprint density at radius 1 is 0.187 bits per heavy atom. The Balaban J connectivity index is -0.000000187. The summed E-state index contributed by atoms with van der Waals surface area (Å²) >= 11 is 0. The van der Waals surface area contributed by atoms with Gasteiger partial charge in [-0.15, -0.1) is 0 Å². The zero-order valence-corrected chi connectivity index (χ0v) is 84.5. The molecule has 0 aliphatic carbocycles. The average molecular weight is 2270 g/mol. The summed E-state index contributed by atoms with van der Waals surface area (Å²) in [6.45, 7) is 15.4. The van der Waals surface area contributed by atoms with Crippen molar-refractivity contribution in [2.24, 2.45) is 45.3 Å². The first-order valence-corrected chi connectivity index (χ1v) is 43.5. The molecule has 0 saturated carbocycles. The standard InChI is InChI=1S/2C12H17F5O4.2C11H15F5O4.C11H18F2O4.C10H15F3O4.C10H16F2O4.C9H13F3O4.2CH4/c2*1-4-10(2,3)9(19)20-5-8(18)21-7-11(13,14)6-12(15,16)17;2*1-3-7(2)9(18)19-4-8(17)20-6-10(12,13)5-11(14,15)16;1-5-10(2,3)9(15)16-6-8(14)17-7-11(4,12)13;1-4-9(2,3)8(15)16-5-7(14)17-6-10(11,12)13;1-4-7(2)9(14)15-5-8(13)16-6-10(3,11)12;1-3-6(2)8(14)15-4-7(13)16-5-9(10,11)12;;/h2*4-7H2,1-3H3;2*7H,3-6H2,1-2H3;5-7H2,1-4H3;4-6H2,1-3H3;7H,4-6H2,1-3H3;6H,3-5H2,1-2H3;2*1H4. The molecule has 0 amide bonds. The molecule has 0 aromatic rings. The zero-order valence-electron chi connectivity index (χ0n) is 84.5. The second kappa shape index (κ2) is 72.9. The zero-order chi connectivity index (χ0) is 119. The number of carbonyl (C=O) groups excluding carboxylic acids is 16. The van der Waals surface area contributed by atoms with Gasteiger partial charge >= 0.3 is 133 Å². The van der Waals surface area contributed by atoms with Crippen molar-refractivity contribution in [3.63, 3.8) is 0 Å². The van der Waals surface area contributed by atoms with E-state index in [1.165, 1.54) is 13.8 Å². The predicted molar refractivity (Wildman–Crippen MR) is 459 cm³/mol. The summed E-state index contributed by atoms with van der Waals surface area (Å²) in [5, 5.41) is 0. The van der Waals surface area contributed by atoms with Crippen molar-refractivity contribution in [3.8, 4) is 0 Å². The highest BCUT2D eigenvalue weighted by Gasteiger charge is 2.49. The number of rotatable bonds is 50. The Kier molecular flexibility index (Phi) is 77.5. The third kappa shape index (κ3) is 98.2. The normalized spacial score (nSPS) is 12.8. The number of ether oxygens (including phenoxy) is 16. The molecule has 62 heteroatoms. The van der Waals surface area contributed by atoms with E-state index in [2.05, 4.69) is 75.8 Å². The fourth-order valence-corrected chi connectivity index (χ4v) is 6.81. The van der Waals surface area contributed by atoms with Crippen LogP contribution in [0, 0.1) is 45.3 Å². The molecule has 0 radical (unpaired) electrons. The van der Waals surface area contributed by atoms with Crippen molar-refractivity contribution < 1.29 is 284 Å². The lowest BCUT2D eigenvalue weighted by atomic mass is 9.91. The summed E-state index contributed by atoms with van der Waals surface area (Å²) in [4.78, 5) is 178. The molecule has 32 nitrogen and oxygen atoms in total. The molecule has 0 rings (SSSR count). The van der Waals surface area contributed by atoms with Crippen molar-refractivity contribution in [3.05, 3.63) is 0 Å². The molecule has 0 saturated heterocycles. The summed E-state index contributed by atoms with van der Waals surface area (Å²) in [5.74, 6) is -39.7. The molecule has 0 fully saturated rings. The van der Waals surface area contributed by atoms with Crippen molar-refractivity contribution in [1.82, 2.24) is 0 Å². The van der Waals surface area contributed by atoms with Crippen LogP contribution >= 0.6 is 0 Å². The summed E-state index contributed by atoms with van der Waals surface area (Å²) in [7, 11) is 0. The van der Waals surface area contributed by atoms with Gasteiger partial charge in [0.2, 0.25) is 0 Å². The van der Waals surface area contributed by atoms with Crippen LogP contribution in [0.1, 0.15) is 244 Å². The van der Waals surface area contributed by atoms with E-state index < -0.39 is 339 Å². The highest BCUT2D eigenvalue weighted by Crippen LogP contribution is 2.37. The van der Waals surface area contributed by atoms with E-state index in [9.17, 15) is 208 Å². The number of halogens is 30. The van der Waals surface area contributed by atoms with Crippen molar-refractivity contribution in [1.29, 1.82) is 0 Å². The van der Waals surface area contributed by atoms with Gasteiger partial charge in [0.15, 0.2) is 106 Å². The first-order chi connectivity index (χ1) is 66.2. The largest absolute Gasteiger partial charge is 0.457 e. The smallest absolute Gasteiger partial charge is 0.422 e. The molecule has 0 aliphatic rings. The predicted octanol–water partition coefficient (Wildman–Crippen LogP) is 20.6. The van der Waals surface area contributed by atoms with Gasteiger partial charge in [-0.3, -0.25) is 38.4 Å². The number of carbonyl (C=O) groups is 16. The van der Waals surface area contributed by atoms with Gasteiger partial charge in [0.05, 0.1) is 45.3 Å². The van der Waals surface area contributed by atoms with Crippen LogP contribution in [0.3, 0.4) is 0 Å². The highest BCUT2D eigenvalue weighted by atomic mass is 19.4. The van der Waals surface area contributed by atoms with Gasteiger partial charge in [0.1, 0.15) is 25.7 Å². The van der Waals surface area contributed by atoms with E-state index in [-0.39, 0.29) is 20.8 Å². The summed E-state index contributed by atoms with van der Waals surface area (Å²) in [6.07, 6.45) is -35.1. The molecule has 150 heavy (non-hydrogen) atoms. The SMILES string of the molecule is C.C.CCC(C)(C)C(=O)OCC(=O)OCC(C)(F)F.CCC(C)(C)C(=O)OCC(=O)OCC(F)(F)CC(F)(F)F.CCC(C)(C)C(=O)OCC(=O)OCC(F)(F)CC(F)(F)F.CCC(C)(C)C(=O)OCC(=O)OCC(F)(F)F.CCC(C)C(=O)OCC(=O)OCC(C)(F)F.CCC(C)C(=O)OCC(=O)OCC(F)(F)CC(F)(F)F.CCC(C)C(=O)OCC(=O)OCC(F)(F)CC(F)(F)F.CCC(C)C(=O)OCC(=O)OCC(F)(F)F. The van der Waals surface area contributed by atoms with E-state index in [1.54, 1.807) is 125 Å². The Morgan fingerprint density at radius 3 is 0.427 bits per heavy atom. The van der Waals surface area contributed by atoms with Gasteiger partial charge in [-0.05, 0) is 107 Å². The topological polar surface area (TPSA) is 421 Å². The monoisotopic (exact) mass is 2270 g/mol. The third-order valence-corrected chi connectivity index (χ3v) is 17.8. The maximum Gasteiger partial charge on any atom is 0.422 e. The molecule has 0 aliphatic heterocycles.